The molecule has 1 rings (SSSR count). The summed E-state index contributed by atoms with van der Waals surface area (Å²) >= 11 is 0. The molecule has 0 saturated heterocycles. The largest absolute Gasteiger partial charge is 0.311 e. The highest BCUT2D eigenvalue weighted by Gasteiger charge is 2.14. The van der Waals surface area contributed by atoms with E-state index in [2.05, 4.69) is 46.9 Å². The van der Waals surface area contributed by atoms with Gasteiger partial charge in [-0.3, -0.25) is 4.68 Å². The standard InChI is InChI=1S/C13H21N3/c1-5-8-9-12(14-4)13-10-11(6-2)15-16(13)7-3/h10,12,14H,6-7,9H2,1-4H3. The molecule has 1 N–H and O–H groups in total. The number of rotatable bonds is 5. The second kappa shape index (κ2) is 6.34. The normalized spacial score (nSPS) is 12.0. The molecular weight excluding hydrogens is 198 g/mol. The molecule has 1 aromatic rings. The first-order chi connectivity index (χ1) is 7.76. The fourth-order valence-corrected chi connectivity index (χ4v) is 1.75. The lowest BCUT2D eigenvalue weighted by Crippen LogP contribution is -2.19. The van der Waals surface area contributed by atoms with Gasteiger partial charge < -0.3 is 5.32 Å². The van der Waals surface area contributed by atoms with Gasteiger partial charge in [0.05, 0.1) is 17.4 Å². The molecule has 88 valence electrons. The van der Waals surface area contributed by atoms with Crippen molar-refractivity contribution in [3.63, 3.8) is 0 Å². The third-order valence-corrected chi connectivity index (χ3v) is 2.71. The van der Waals surface area contributed by atoms with E-state index in [4.69, 9.17) is 0 Å². The molecule has 1 atom stereocenters. The summed E-state index contributed by atoms with van der Waals surface area (Å²) in [5.41, 5.74) is 2.39. The van der Waals surface area contributed by atoms with E-state index in [0.29, 0.717) is 0 Å². The lowest BCUT2D eigenvalue weighted by Gasteiger charge is -2.14. The van der Waals surface area contributed by atoms with Crippen LogP contribution < -0.4 is 5.32 Å². The summed E-state index contributed by atoms with van der Waals surface area (Å²) in [6.07, 6.45) is 1.82. The average Bonchev–Trinajstić information content (AvgIpc) is 2.73. The van der Waals surface area contributed by atoms with E-state index >= 15 is 0 Å². The van der Waals surface area contributed by atoms with Gasteiger partial charge in [-0.05, 0) is 33.4 Å². The molecule has 0 bridgehead atoms. The Hall–Kier alpha value is -1.27. The van der Waals surface area contributed by atoms with Gasteiger partial charge in [-0.15, -0.1) is 11.8 Å². The third kappa shape index (κ3) is 2.86. The molecule has 0 amide bonds. The minimum atomic E-state index is 0.278. The van der Waals surface area contributed by atoms with Crippen molar-refractivity contribution in [1.82, 2.24) is 15.1 Å². The lowest BCUT2D eigenvalue weighted by atomic mass is 10.1. The zero-order valence-electron chi connectivity index (χ0n) is 10.7. The summed E-state index contributed by atoms with van der Waals surface area (Å²) < 4.78 is 2.07. The van der Waals surface area contributed by atoms with Gasteiger partial charge in [0, 0.05) is 13.0 Å². The Kier molecular flexibility index (Phi) is 5.07. The molecule has 0 saturated carbocycles. The van der Waals surface area contributed by atoms with Crippen LogP contribution in [0.25, 0.3) is 0 Å². The van der Waals surface area contributed by atoms with Crippen molar-refractivity contribution in [2.24, 2.45) is 0 Å². The Morgan fingerprint density at radius 1 is 1.50 bits per heavy atom. The van der Waals surface area contributed by atoms with Crippen molar-refractivity contribution < 1.29 is 0 Å². The Bertz CT molecular complexity index is 382. The molecule has 3 nitrogen and oxygen atoms in total. The van der Waals surface area contributed by atoms with Crippen molar-refractivity contribution in [3.8, 4) is 11.8 Å². The Morgan fingerprint density at radius 3 is 2.75 bits per heavy atom. The van der Waals surface area contributed by atoms with Crippen LogP contribution in [0.4, 0.5) is 0 Å². The van der Waals surface area contributed by atoms with Gasteiger partial charge in [0.25, 0.3) is 0 Å². The van der Waals surface area contributed by atoms with Crippen LogP contribution in [0.5, 0.6) is 0 Å². The third-order valence-electron chi connectivity index (χ3n) is 2.71. The molecule has 0 fully saturated rings. The lowest BCUT2D eigenvalue weighted by molar-refractivity contribution is 0.522. The monoisotopic (exact) mass is 219 g/mol. The first-order valence-corrected chi connectivity index (χ1v) is 5.90. The molecule has 0 aliphatic heterocycles. The van der Waals surface area contributed by atoms with Crippen LogP contribution >= 0.6 is 0 Å². The molecule has 3 heteroatoms. The zero-order chi connectivity index (χ0) is 12.0. The summed E-state index contributed by atoms with van der Waals surface area (Å²) in [5, 5.41) is 7.85. The van der Waals surface area contributed by atoms with Gasteiger partial charge in [-0.2, -0.15) is 5.10 Å². The summed E-state index contributed by atoms with van der Waals surface area (Å²) in [6, 6.07) is 2.46. The van der Waals surface area contributed by atoms with Crippen LogP contribution in [-0.2, 0) is 13.0 Å². The highest BCUT2D eigenvalue weighted by Crippen LogP contribution is 2.17. The summed E-state index contributed by atoms with van der Waals surface area (Å²) in [7, 11) is 1.97. The first kappa shape index (κ1) is 12.8. The highest BCUT2D eigenvalue weighted by molar-refractivity contribution is 5.17. The number of hydrogen-bond donors (Lipinski definition) is 1. The van der Waals surface area contributed by atoms with E-state index in [9.17, 15) is 0 Å². The van der Waals surface area contributed by atoms with Gasteiger partial charge in [0.1, 0.15) is 0 Å². The highest BCUT2D eigenvalue weighted by atomic mass is 15.3. The summed E-state index contributed by atoms with van der Waals surface area (Å²) in [4.78, 5) is 0. The Labute approximate surface area is 98.2 Å². The van der Waals surface area contributed by atoms with E-state index < -0.39 is 0 Å². The van der Waals surface area contributed by atoms with Crippen LogP contribution in [0.15, 0.2) is 6.07 Å². The van der Waals surface area contributed by atoms with Gasteiger partial charge in [0.15, 0.2) is 0 Å². The fraction of sp³-hybridized carbons (Fsp3) is 0.615. The molecule has 1 heterocycles. The fourth-order valence-electron chi connectivity index (χ4n) is 1.75. The molecule has 0 aromatic carbocycles. The number of aryl methyl sites for hydroxylation is 2. The van der Waals surface area contributed by atoms with Crippen LogP contribution in [0.3, 0.4) is 0 Å². The van der Waals surface area contributed by atoms with Crippen molar-refractivity contribution in [2.45, 2.75) is 46.2 Å². The Morgan fingerprint density at radius 2 is 2.25 bits per heavy atom. The summed E-state index contributed by atoms with van der Waals surface area (Å²) in [5.74, 6) is 6.06. The predicted octanol–water partition coefficient (Wildman–Crippen LogP) is 2.14. The molecule has 0 radical (unpaired) electrons. The molecule has 0 spiro atoms. The topological polar surface area (TPSA) is 29.9 Å². The SMILES string of the molecule is CC#CCC(NC)c1cc(CC)nn1CC. The van der Waals surface area contributed by atoms with Crippen LogP contribution in [0.1, 0.15) is 44.6 Å². The molecule has 1 unspecified atom stereocenters. The molecule has 0 aliphatic rings. The first-order valence-electron chi connectivity index (χ1n) is 5.90. The van der Waals surface area contributed by atoms with E-state index in [1.54, 1.807) is 0 Å². The maximum Gasteiger partial charge on any atom is 0.0625 e. The number of nitrogens with one attached hydrogen (secondary N) is 1. The molecular formula is C13H21N3. The van der Waals surface area contributed by atoms with Gasteiger partial charge >= 0.3 is 0 Å². The second-order valence-electron chi connectivity index (χ2n) is 3.70. The minimum absolute atomic E-state index is 0.278. The van der Waals surface area contributed by atoms with Crippen molar-refractivity contribution in [1.29, 1.82) is 0 Å². The average molecular weight is 219 g/mol. The minimum Gasteiger partial charge on any atom is -0.311 e. The zero-order valence-corrected chi connectivity index (χ0v) is 10.7. The molecule has 16 heavy (non-hydrogen) atoms. The van der Waals surface area contributed by atoms with Gasteiger partial charge in [-0.25, -0.2) is 0 Å². The quantitative estimate of drug-likeness (QED) is 0.769. The predicted molar refractivity (Wildman–Crippen MR) is 67.1 cm³/mol. The van der Waals surface area contributed by atoms with E-state index in [1.165, 1.54) is 5.69 Å². The van der Waals surface area contributed by atoms with Gasteiger partial charge in [-0.1, -0.05) is 6.92 Å². The molecule has 0 aliphatic carbocycles. The van der Waals surface area contributed by atoms with E-state index in [-0.39, 0.29) is 6.04 Å². The Balaban J connectivity index is 2.96. The number of nitrogens with zero attached hydrogens (tertiary/aromatic N) is 2. The number of aromatic nitrogens is 2. The maximum atomic E-state index is 4.55. The maximum absolute atomic E-state index is 4.55. The van der Waals surface area contributed by atoms with E-state index in [1.807, 2.05) is 14.0 Å². The molecule has 1 aromatic heterocycles. The smallest absolute Gasteiger partial charge is 0.0625 e. The van der Waals surface area contributed by atoms with Crippen molar-refractivity contribution in [2.75, 3.05) is 7.05 Å². The summed E-state index contributed by atoms with van der Waals surface area (Å²) in [6.45, 7) is 7.04. The number of hydrogen-bond acceptors (Lipinski definition) is 2. The van der Waals surface area contributed by atoms with Crippen molar-refractivity contribution >= 4 is 0 Å². The second-order valence-corrected chi connectivity index (χ2v) is 3.70. The van der Waals surface area contributed by atoms with Crippen LogP contribution in [-0.4, -0.2) is 16.8 Å². The van der Waals surface area contributed by atoms with E-state index in [0.717, 1.165) is 25.1 Å². The van der Waals surface area contributed by atoms with Crippen LogP contribution in [0, 0.1) is 11.8 Å². The van der Waals surface area contributed by atoms with Crippen LogP contribution in [0.2, 0.25) is 0 Å². The van der Waals surface area contributed by atoms with Crippen molar-refractivity contribution in [3.05, 3.63) is 17.5 Å². The van der Waals surface area contributed by atoms with Gasteiger partial charge in [0.2, 0.25) is 0 Å².